The average molecular weight is 441 g/mol. The molecule has 3 amide bonds. The lowest BCUT2D eigenvalue weighted by Crippen LogP contribution is -2.54. The van der Waals surface area contributed by atoms with Gasteiger partial charge in [0.25, 0.3) is 5.91 Å². The maximum absolute atomic E-state index is 12.4. The van der Waals surface area contributed by atoms with Crippen LogP contribution < -0.4 is 20.7 Å². The van der Waals surface area contributed by atoms with Gasteiger partial charge in [-0.25, -0.2) is 4.98 Å². The first-order valence-electron chi connectivity index (χ1n) is 9.60. The van der Waals surface area contributed by atoms with Crippen molar-refractivity contribution >= 4 is 23.4 Å². The van der Waals surface area contributed by atoms with Gasteiger partial charge in [-0.15, -0.1) is 0 Å². The second-order valence-corrected chi connectivity index (χ2v) is 7.57. The summed E-state index contributed by atoms with van der Waals surface area (Å²) in [5.74, 6) is -1.18. The first-order valence-corrected chi connectivity index (χ1v) is 9.60. The van der Waals surface area contributed by atoms with Gasteiger partial charge in [0.15, 0.2) is 12.2 Å². The maximum Gasteiger partial charge on any atom is 0.313 e. The first kappa shape index (κ1) is 22.5. The lowest BCUT2D eigenvalue weighted by molar-refractivity contribution is -0.137. The Morgan fingerprint density at radius 3 is 2.59 bits per heavy atom. The molecular formula is C21H23N5O6. The Labute approximate surface area is 183 Å². The van der Waals surface area contributed by atoms with E-state index in [1.165, 1.54) is 26.0 Å². The number of nitrogens with zero attached hydrogens (tertiary/aromatic N) is 2. The number of hydrogen-bond acceptors (Lipinski definition) is 8. The molecule has 0 unspecified atom stereocenters. The SMILES string of the molecule is COc1cc(NC(=O)C(=O)NC(C)(C)CNC(=O)c2conc2C)ccc1-c1cnco1. The predicted octanol–water partition coefficient (Wildman–Crippen LogP) is 1.91. The molecule has 2 aromatic heterocycles. The van der Waals surface area contributed by atoms with Crippen molar-refractivity contribution in [3.8, 4) is 17.1 Å². The van der Waals surface area contributed by atoms with Gasteiger partial charge in [-0.2, -0.15) is 0 Å². The largest absolute Gasteiger partial charge is 0.496 e. The van der Waals surface area contributed by atoms with Gasteiger partial charge < -0.3 is 29.6 Å². The van der Waals surface area contributed by atoms with Crippen LogP contribution >= 0.6 is 0 Å². The van der Waals surface area contributed by atoms with Crippen LogP contribution in [0.5, 0.6) is 5.75 Å². The van der Waals surface area contributed by atoms with E-state index in [1.54, 1.807) is 39.0 Å². The highest BCUT2D eigenvalue weighted by molar-refractivity contribution is 6.39. The molecule has 32 heavy (non-hydrogen) atoms. The van der Waals surface area contributed by atoms with Crippen LogP contribution in [-0.2, 0) is 9.59 Å². The lowest BCUT2D eigenvalue weighted by Gasteiger charge is -2.26. The molecule has 0 bridgehead atoms. The van der Waals surface area contributed by atoms with Crippen LogP contribution in [0.25, 0.3) is 11.3 Å². The summed E-state index contributed by atoms with van der Waals surface area (Å²) < 4.78 is 15.3. The zero-order valence-corrected chi connectivity index (χ0v) is 18.0. The fraction of sp³-hybridized carbons (Fsp3) is 0.286. The normalized spacial score (nSPS) is 11.0. The lowest BCUT2D eigenvalue weighted by atomic mass is 10.1. The van der Waals surface area contributed by atoms with Crippen LogP contribution in [0, 0.1) is 6.92 Å². The summed E-state index contributed by atoms with van der Waals surface area (Å²) >= 11 is 0. The number of amides is 3. The summed E-state index contributed by atoms with van der Waals surface area (Å²) in [7, 11) is 1.48. The number of anilines is 1. The summed E-state index contributed by atoms with van der Waals surface area (Å²) in [4.78, 5) is 40.8. The third-order valence-corrected chi connectivity index (χ3v) is 4.50. The second kappa shape index (κ2) is 9.33. The highest BCUT2D eigenvalue weighted by atomic mass is 16.5. The summed E-state index contributed by atoms with van der Waals surface area (Å²) in [5, 5.41) is 11.4. The van der Waals surface area contributed by atoms with E-state index in [2.05, 4.69) is 26.1 Å². The van der Waals surface area contributed by atoms with Crippen molar-refractivity contribution in [2.24, 2.45) is 0 Å². The number of methoxy groups -OCH3 is 1. The van der Waals surface area contributed by atoms with Crippen molar-refractivity contribution in [3.63, 3.8) is 0 Å². The van der Waals surface area contributed by atoms with Crippen LogP contribution in [-0.4, -0.2) is 47.1 Å². The van der Waals surface area contributed by atoms with E-state index in [-0.39, 0.29) is 6.54 Å². The Morgan fingerprint density at radius 2 is 1.97 bits per heavy atom. The number of carbonyl (C=O) groups is 3. The van der Waals surface area contributed by atoms with Crippen molar-refractivity contribution in [2.45, 2.75) is 26.3 Å². The minimum absolute atomic E-state index is 0.0785. The van der Waals surface area contributed by atoms with Gasteiger partial charge in [0, 0.05) is 18.3 Å². The molecule has 3 rings (SSSR count). The summed E-state index contributed by atoms with van der Waals surface area (Å²) in [5.41, 5.74) is 0.857. The molecule has 0 saturated carbocycles. The number of aromatic nitrogens is 2. The van der Waals surface area contributed by atoms with E-state index in [4.69, 9.17) is 13.7 Å². The molecule has 3 N–H and O–H groups in total. The molecule has 0 aliphatic carbocycles. The van der Waals surface area contributed by atoms with Gasteiger partial charge in [-0.3, -0.25) is 14.4 Å². The fourth-order valence-electron chi connectivity index (χ4n) is 2.82. The molecule has 168 valence electrons. The van der Waals surface area contributed by atoms with E-state index in [0.29, 0.717) is 34.0 Å². The second-order valence-electron chi connectivity index (χ2n) is 7.57. The van der Waals surface area contributed by atoms with Gasteiger partial charge >= 0.3 is 11.8 Å². The molecule has 0 radical (unpaired) electrons. The van der Waals surface area contributed by atoms with Crippen molar-refractivity contribution in [1.29, 1.82) is 0 Å². The fourth-order valence-corrected chi connectivity index (χ4v) is 2.82. The van der Waals surface area contributed by atoms with E-state index in [1.807, 2.05) is 0 Å². The van der Waals surface area contributed by atoms with Crippen LogP contribution in [0.4, 0.5) is 5.69 Å². The van der Waals surface area contributed by atoms with E-state index >= 15 is 0 Å². The number of oxazole rings is 1. The van der Waals surface area contributed by atoms with E-state index in [0.717, 1.165) is 0 Å². The molecule has 0 aliphatic rings. The van der Waals surface area contributed by atoms with Gasteiger partial charge in [0.05, 0.1) is 30.1 Å². The summed E-state index contributed by atoms with van der Waals surface area (Å²) in [6.45, 7) is 5.07. The third kappa shape index (κ3) is 5.31. The summed E-state index contributed by atoms with van der Waals surface area (Å²) in [6.07, 6.45) is 4.08. The molecule has 11 nitrogen and oxygen atoms in total. The molecule has 11 heteroatoms. The molecule has 3 aromatic rings. The zero-order chi connectivity index (χ0) is 23.3. The van der Waals surface area contributed by atoms with Crippen LogP contribution in [0.3, 0.4) is 0 Å². The number of nitrogens with one attached hydrogen (secondary N) is 3. The quantitative estimate of drug-likeness (QED) is 0.471. The molecule has 0 aliphatic heterocycles. The number of carbonyl (C=O) groups excluding carboxylic acids is 3. The highest BCUT2D eigenvalue weighted by Crippen LogP contribution is 2.32. The zero-order valence-electron chi connectivity index (χ0n) is 18.0. The Morgan fingerprint density at radius 1 is 1.19 bits per heavy atom. The molecule has 0 atom stereocenters. The van der Waals surface area contributed by atoms with Crippen LogP contribution in [0.2, 0.25) is 0 Å². The topological polar surface area (TPSA) is 149 Å². The highest BCUT2D eigenvalue weighted by Gasteiger charge is 2.26. The average Bonchev–Trinajstić information content (AvgIpc) is 3.43. The Bertz CT molecular complexity index is 1120. The number of ether oxygens (including phenoxy) is 1. The van der Waals surface area contributed by atoms with Crippen molar-refractivity contribution in [1.82, 2.24) is 20.8 Å². The van der Waals surface area contributed by atoms with Gasteiger partial charge in [-0.1, -0.05) is 5.16 Å². The molecule has 0 fully saturated rings. The minimum atomic E-state index is -0.900. The Balaban J connectivity index is 1.58. The Hall–Kier alpha value is -4.15. The number of hydrogen-bond donors (Lipinski definition) is 3. The number of rotatable bonds is 7. The summed E-state index contributed by atoms with van der Waals surface area (Å²) in [6, 6.07) is 4.85. The van der Waals surface area contributed by atoms with Crippen LogP contribution in [0.1, 0.15) is 29.9 Å². The van der Waals surface area contributed by atoms with Gasteiger partial charge in [0.1, 0.15) is 17.6 Å². The maximum atomic E-state index is 12.4. The predicted molar refractivity (Wildman–Crippen MR) is 113 cm³/mol. The standard InChI is InChI=1S/C21H23N5O6/c1-12-15(9-32-26-12)18(27)23-10-21(2,3)25-20(29)19(28)24-13-5-6-14(16(7-13)30-4)17-8-22-11-31-17/h5-9,11H,10H2,1-4H3,(H,23,27)(H,24,28)(H,25,29). The molecule has 0 spiro atoms. The molecular weight excluding hydrogens is 418 g/mol. The smallest absolute Gasteiger partial charge is 0.313 e. The van der Waals surface area contributed by atoms with Gasteiger partial charge in [-0.05, 0) is 32.9 Å². The monoisotopic (exact) mass is 441 g/mol. The van der Waals surface area contributed by atoms with Crippen molar-refractivity contribution in [3.05, 3.63) is 48.3 Å². The Kier molecular flexibility index (Phi) is 6.57. The van der Waals surface area contributed by atoms with E-state index < -0.39 is 23.3 Å². The number of benzene rings is 1. The van der Waals surface area contributed by atoms with Crippen molar-refractivity contribution in [2.75, 3.05) is 19.0 Å². The van der Waals surface area contributed by atoms with E-state index in [9.17, 15) is 14.4 Å². The van der Waals surface area contributed by atoms with Crippen molar-refractivity contribution < 1.29 is 28.1 Å². The molecule has 0 saturated heterocycles. The van der Waals surface area contributed by atoms with Crippen LogP contribution in [0.15, 0.2) is 46.0 Å². The minimum Gasteiger partial charge on any atom is -0.496 e. The molecule has 1 aromatic carbocycles. The number of aryl methyl sites for hydroxylation is 1. The first-order chi connectivity index (χ1) is 15.2. The van der Waals surface area contributed by atoms with Gasteiger partial charge in [0.2, 0.25) is 0 Å². The molecule has 2 heterocycles. The third-order valence-electron chi connectivity index (χ3n) is 4.50.